The summed E-state index contributed by atoms with van der Waals surface area (Å²) in [6, 6.07) is 13.6. The molecule has 4 nitrogen and oxygen atoms in total. The van der Waals surface area contributed by atoms with Crippen LogP contribution in [0.4, 0.5) is 17.6 Å². The van der Waals surface area contributed by atoms with Crippen LogP contribution in [0.2, 0.25) is 0 Å². The Kier molecular flexibility index (Phi) is 6.77. The van der Waals surface area contributed by atoms with Gasteiger partial charge in [0, 0.05) is 54.6 Å². The van der Waals surface area contributed by atoms with E-state index in [9.17, 15) is 17.6 Å². The minimum Gasteiger partial charge on any atom is -0.492 e. The molecule has 1 saturated heterocycles. The Morgan fingerprint density at radius 1 is 1.11 bits per heavy atom. The van der Waals surface area contributed by atoms with Crippen LogP contribution in [-0.4, -0.2) is 73.0 Å². The molecule has 0 spiro atoms. The second-order valence-corrected chi connectivity index (χ2v) is 9.86. The maximum atomic E-state index is 13.4. The van der Waals surface area contributed by atoms with E-state index in [0.29, 0.717) is 31.7 Å². The Labute approximate surface area is 202 Å². The van der Waals surface area contributed by atoms with Crippen LogP contribution in [0.5, 0.6) is 5.75 Å². The highest BCUT2D eigenvalue weighted by Crippen LogP contribution is 2.37. The first-order valence-corrected chi connectivity index (χ1v) is 12.3. The molecule has 35 heavy (non-hydrogen) atoms. The molecule has 3 aromatic rings. The van der Waals surface area contributed by atoms with Crippen molar-refractivity contribution in [1.82, 2.24) is 14.8 Å². The summed E-state index contributed by atoms with van der Waals surface area (Å²) in [5.74, 6) is 0.849. The molecule has 0 radical (unpaired) electrons. The van der Waals surface area contributed by atoms with Crippen molar-refractivity contribution in [3.8, 4) is 17.0 Å². The fraction of sp³-hybridized carbons (Fsp3) is 0.481. The average Bonchev–Trinajstić information content (AvgIpc) is 3.16. The molecule has 3 heterocycles. The zero-order valence-corrected chi connectivity index (χ0v) is 19.9. The van der Waals surface area contributed by atoms with Crippen LogP contribution < -0.4 is 4.74 Å². The smallest absolute Gasteiger partial charge is 0.401 e. The summed E-state index contributed by atoms with van der Waals surface area (Å²) in [6.07, 6.45) is -3.23. The number of likely N-dealkylation sites (tertiary alicyclic amines) is 1. The highest BCUT2D eigenvalue weighted by molar-refractivity contribution is 5.91. The number of nitrogens with zero attached hydrogens (tertiary/aromatic N) is 2. The summed E-state index contributed by atoms with van der Waals surface area (Å²) in [7, 11) is 0. The summed E-state index contributed by atoms with van der Waals surface area (Å²) >= 11 is 0. The largest absolute Gasteiger partial charge is 0.492 e. The summed E-state index contributed by atoms with van der Waals surface area (Å²) in [4.78, 5) is 7.24. The van der Waals surface area contributed by atoms with Crippen LogP contribution in [0.25, 0.3) is 22.2 Å². The first kappa shape index (κ1) is 24.1. The number of ether oxygens (including phenoxy) is 1. The normalized spacial score (nSPS) is 20.0. The maximum absolute atomic E-state index is 13.4. The number of para-hydroxylation sites is 1. The van der Waals surface area contributed by atoms with E-state index in [1.807, 2.05) is 49.4 Å². The Morgan fingerprint density at radius 3 is 2.69 bits per heavy atom. The first-order valence-electron chi connectivity index (χ1n) is 12.3. The van der Waals surface area contributed by atoms with Crippen LogP contribution in [0.3, 0.4) is 0 Å². The third-order valence-electron chi connectivity index (χ3n) is 7.26. The molecule has 2 aliphatic rings. The number of aromatic nitrogens is 1. The highest BCUT2D eigenvalue weighted by Gasteiger charge is 2.34. The van der Waals surface area contributed by atoms with Gasteiger partial charge in [-0.05, 0) is 55.2 Å². The summed E-state index contributed by atoms with van der Waals surface area (Å²) in [5, 5.41) is 1.05. The standard InChI is InChI=1S/C27H31F4N3O/c1-18-12-24-23-4-2-3-5-25(23)32-26(24)22-7-6-21(35-11-10-33-15-19(14-28)16-33)13-20(22)8-9-34(18)17-27(29,30)31/h2-7,13,18-19,32H,8-12,14-17H2,1H3/t18-/m1/s1. The molecule has 188 valence electrons. The van der Waals surface area contributed by atoms with Gasteiger partial charge in [0.15, 0.2) is 0 Å². The zero-order chi connectivity index (χ0) is 24.6. The van der Waals surface area contributed by atoms with Crippen LogP contribution in [0.15, 0.2) is 42.5 Å². The first-order chi connectivity index (χ1) is 16.8. The van der Waals surface area contributed by atoms with Gasteiger partial charge in [-0.1, -0.05) is 18.2 Å². The topological polar surface area (TPSA) is 31.5 Å². The van der Waals surface area contributed by atoms with Gasteiger partial charge in [-0.2, -0.15) is 13.2 Å². The SMILES string of the molecule is C[C@@H]1Cc2c([nH]c3ccccc23)-c2ccc(OCCN3CC(CF)C3)cc2CCN1CC(F)(F)F. The molecule has 0 bridgehead atoms. The number of H-pyrrole nitrogens is 1. The minimum atomic E-state index is -4.25. The lowest BCUT2D eigenvalue weighted by molar-refractivity contribution is -0.150. The lowest BCUT2D eigenvalue weighted by Gasteiger charge is -2.37. The number of rotatable bonds is 6. The van der Waals surface area contributed by atoms with Crippen molar-refractivity contribution < 1.29 is 22.3 Å². The monoisotopic (exact) mass is 489 g/mol. The molecule has 8 heteroatoms. The van der Waals surface area contributed by atoms with Gasteiger partial charge in [0.1, 0.15) is 12.4 Å². The van der Waals surface area contributed by atoms with Crippen molar-refractivity contribution in [3.05, 3.63) is 53.6 Å². The van der Waals surface area contributed by atoms with Crippen molar-refractivity contribution in [2.75, 3.05) is 46.0 Å². The lowest BCUT2D eigenvalue weighted by Crippen LogP contribution is -2.49. The van der Waals surface area contributed by atoms with Gasteiger partial charge in [0.05, 0.1) is 18.9 Å². The number of fused-ring (bicyclic) bond motifs is 5. The number of nitrogens with one attached hydrogen (secondary N) is 1. The highest BCUT2D eigenvalue weighted by atomic mass is 19.4. The Bertz CT molecular complexity index is 1170. The quantitative estimate of drug-likeness (QED) is 0.466. The van der Waals surface area contributed by atoms with Crippen LogP contribution in [0.1, 0.15) is 18.1 Å². The van der Waals surface area contributed by atoms with E-state index in [0.717, 1.165) is 52.9 Å². The Balaban J connectivity index is 1.43. The molecule has 0 amide bonds. The Morgan fingerprint density at radius 2 is 1.91 bits per heavy atom. The van der Waals surface area contributed by atoms with Crippen LogP contribution in [0, 0.1) is 5.92 Å². The fourth-order valence-corrected chi connectivity index (χ4v) is 5.38. The van der Waals surface area contributed by atoms with Crippen molar-refractivity contribution >= 4 is 10.9 Å². The van der Waals surface area contributed by atoms with Crippen molar-refractivity contribution in [2.24, 2.45) is 5.92 Å². The third kappa shape index (κ3) is 5.33. The second kappa shape index (κ2) is 9.82. The predicted molar refractivity (Wildman–Crippen MR) is 130 cm³/mol. The number of alkyl halides is 4. The average molecular weight is 490 g/mol. The molecule has 0 saturated carbocycles. The molecule has 5 rings (SSSR count). The summed E-state index contributed by atoms with van der Waals surface area (Å²) in [5.41, 5.74) is 5.00. The molecule has 0 aliphatic carbocycles. The van der Waals surface area contributed by atoms with Crippen LogP contribution >= 0.6 is 0 Å². The van der Waals surface area contributed by atoms with E-state index < -0.39 is 12.7 Å². The third-order valence-corrected chi connectivity index (χ3v) is 7.26. The van der Waals surface area contributed by atoms with Crippen molar-refractivity contribution in [1.29, 1.82) is 0 Å². The van der Waals surface area contributed by atoms with E-state index in [2.05, 4.69) is 9.88 Å². The maximum Gasteiger partial charge on any atom is 0.401 e. The number of halogens is 4. The van der Waals surface area contributed by atoms with Gasteiger partial charge in [-0.3, -0.25) is 14.2 Å². The number of hydrogen-bond donors (Lipinski definition) is 1. The van der Waals surface area contributed by atoms with Crippen molar-refractivity contribution in [3.63, 3.8) is 0 Å². The lowest BCUT2D eigenvalue weighted by atomic mass is 9.96. The number of benzene rings is 2. The number of aromatic amines is 1. The van der Waals surface area contributed by atoms with E-state index in [4.69, 9.17) is 4.74 Å². The summed E-state index contributed by atoms with van der Waals surface area (Å²) < 4.78 is 58.8. The molecule has 1 fully saturated rings. The van der Waals surface area contributed by atoms with Gasteiger partial charge in [-0.25, -0.2) is 0 Å². The van der Waals surface area contributed by atoms with Gasteiger partial charge in [0.25, 0.3) is 0 Å². The predicted octanol–water partition coefficient (Wildman–Crippen LogP) is 5.47. The number of hydrogen-bond acceptors (Lipinski definition) is 3. The zero-order valence-electron chi connectivity index (χ0n) is 19.9. The minimum absolute atomic E-state index is 0.142. The molecule has 2 aliphatic heterocycles. The van der Waals surface area contributed by atoms with Gasteiger partial charge in [0.2, 0.25) is 0 Å². The van der Waals surface area contributed by atoms with Gasteiger partial charge >= 0.3 is 6.18 Å². The molecule has 1 atom stereocenters. The fourth-order valence-electron chi connectivity index (χ4n) is 5.38. The van der Waals surface area contributed by atoms with E-state index in [1.54, 1.807) is 4.90 Å². The molecule has 0 unspecified atom stereocenters. The van der Waals surface area contributed by atoms with Crippen LogP contribution in [-0.2, 0) is 12.8 Å². The van der Waals surface area contributed by atoms with Crippen molar-refractivity contribution in [2.45, 2.75) is 32.0 Å². The summed E-state index contributed by atoms with van der Waals surface area (Å²) in [6.45, 7) is 3.75. The Hall–Kier alpha value is -2.58. The van der Waals surface area contributed by atoms with Gasteiger partial charge < -0.3 is 9.72 Å². The molecular weight excluding hydrogens is 458 g/mol. The van der Waals surface area contributed by atoms with Gasteiger partial charge in [-0.15, -0.1) is 0 Å². The molecule has 1 aromatic heterocycles. The van der Waals surface area contributed by atoms with E-state index in [-0.39, 0.29) is 18.6 Å². The molecular formula is C27H31F4N3O. The van der Waals surface area contributed by atoms with E-state index >= 15 is 0 Å². The molecule has 1 N–H and O–H groups in total. The van der Waals surface area contributed by atoms with E-state index in [1.165, 1.54) is 0 Å². The second-order valence-electron chi connectivity index (χ2n) is 9.86. The molecule has 2 aromatic carbocycles.